The molecule has 1 aromatic rings. The lowest BCUT2D eigenvalue weighted by Crippen LogP contribution is -2.49. The van der Waals surface area contributed by atoms with Crippen LogP contribution in [0.25, 0.3) is 0 Å². The van der Waals surface area contributed by atoms with Crippen molar-refractivity contribution in [2.24, 2.45) is 5.92 Å². The summed E-state index contributed by atoms with van der Waals surface area (Å²) in [5.74, 6) is 0.862. The fourth-order valence-electron chi connectivity index (χ4n) is 3.98. The van der Waals surface area contributed by atoms with Crippen molar-refractivity contribution >= 4 is 5.69 Å². The van der Waals surface area contributed by atoms with Gasteiger partial charge in [0.15, 0.2) is 0 Å². The van der Waals surface area contributed by atoms with Crippen molar-refractivity contribution in [2.75, 3.05) is 44.7 Å². The van der Waals surface area contributed by atoms with Crippen LogP contribution in [0.4, 0.5) is 5.69 Å². The summed E-state index contributed by atoms with van der Waals surface area (Å²) < 4.78 is 0. The maximum atomic E-state index is 3.51. The SMILES string of the molecule is CNC1CCCC1CN1CCN(c2cccc(C)c2)CC1. The van der Waals surface area contributed by atoms with Gasteiger partial charge in [0.25, 0.3) is 0 Å². The number of nitrogens with one attached hydrogen (secondary N) is 1. The molecule has 3 rings (SSSR count). The fourth-order valence-corrected chi connectivity index (χ4v) is 3.98. The van der Waals surface area contributed by atoms with E-state index in [4.69, 9.17) is 0 Å². The lowest BCUT2D eigenvalue weighted by Gasteiger charge is -2.38. The lowest BCUT2D eigenvalue weighted by atomic mass is 10.0. The van der Waals surface area contributed by atoms with Crippen molar-refractivity contribution < 1.29 is 0 Å². The molecule has 0 spiro atoms. The van der Waals surface area contributed by atoms with Gasteiger partial charge in [0, 0.05) is 44.5 Å². The average molecular weight is 287 g/mol. The second kappa shape index (κ2) is 6.80. The Balaban J connectivity index is 1.51. The second-order valence-electron chi connectivity index (χ2n) is 6.71. The van der Waals surface area contributed by atoms with E-state index in [9.17, 15) is 0 Å². The van der Waals surface area contributed by atoms with Gasteiger partial charge in [-0.3, -0.25) is 4.90 Å². The van der Waals surface area contributed by atoms with Crippen LogP contribution in [0.3, 0.4) is 0 Å². The first-order chi connectivity index (χ1) is 10.3. The van der Waals surface area contributed by atoms with Crippen molar-refractivity contribution in [3.05, 3.63) is 29.8 Å². The second-order valence-corrected chi connectivity index (χ2v) is 6.71. The Bertz CT molecular complexity index is 452. The largest absolute Gasteiger partial charge is 0.369 e. The highest BCUT2D eigenvalue weighted by atomic mass is 15.3. The van der Waals surface area contributed by atoms with Crippen LogP contribution < -0.4 is 10.2 Å². The summed E-state index contributed by atoms with van der Waals surface area (Å²) in [5, 5.41) is 3.51. The molecule has 3 heteroatoms. The third-order valence-electron chi connectivity index (χ3n) is 5.26. The summed E-state index contributed by atoms with van der Waals surface area (Å²) in [6.07, 6.45) is 4.17. The van der Waals surface area contributed by atoms with Gasteiger partial charge in [0.1, 0.15) is 0 Å². The molecule has 1 N–H and O–H groups in total. The van der Waals surface area contributed by atoms with Crippen LogP contribution in [0.2, 0.25) is 0 Å². The first kappa shape index (κ1) is 14.9. The summed E-state index contributed by atoms with van der Waals surface area (Å²) >= 11 is 0. The molecule has 1 aliphatic heterocycles. The molecule has 1 aliphatic carbocycles. The minimum absolute atomic E-state index is 0.750. The maximum Gasteiger partial charge on any atom is 0.0369 e. The Hall–Kier alpha value is -1.06. The molecule has 21 heavy (non-hydrogen) atoms. The summed E-state index contributed by atoms with van der Waals surface area (Å²) in [6.45, 7) is 8.22. The summed E-state index contributed by atoms with van der Waals surface area (Å²) in [5.41, 5.74) is 2.75. The lowest BCUT2D eigenvalue weighted by molar-refractivity contribution is 0.206. The van der Waals surface area contributed by atoms with Crippen molar-refractivity contribution in [2.45, 2.75) is 32.2 Å². The highest BCUT2D eigenvalue weighted by Crippen LogP contribution is 2.27. The number of hydrogen-bond donors (Lipinski definition) is 1. The van der Waals surface area contributed by atoms with Crippen LogP contribution in [0.1, 0.15) is 24.8 Å². The molecule has 0 radical (unpaired) electrons. The molecule has 0 amide bonds. The smallest absolute Gasteiger partial charge is 0.0369 e. The number of aryl methyl sites for hydroxylation is 1. The number of hydrogen-bond acceptors (Lipinski definition) is 3. The van der Waals surface area contributed by atoms with Crippen LogP contribution >= 0.6 is 0 Å². The van der Waals surface area contributed by atoms with Gasteiger partial charge in [0.2, 0.25) is 0 Å². The maximum absolute atomic E-state index is 3.51. The third kappa shape index (κ3) is 3.58. The Kier molecular flexibility index (Phi) is 4.81. The van der Waals surface area contributed by atoms with E-state index in [2.05, 4.69) is 53.4 Å². The molecule has 1 saturated heterocycles. The van der Waals surface area contributed by atoms with Crippen molar-refractivity contribution in [3.8, 4) is 0 Å². The Labute approximate surface area is 129 Å². The van der Waals surface area contributed by atoms with E-state index < -0.39 is 0 Å². The van der Waals surface area contributed by atoms with Crippen LogP contribution in [0, 0.1) is 12.8 Å². The highest BCUT2D eigenvalue weighted by Gasteiger charge is 2.28. The predicted octanol–water partition coefficient (Wildman–Crippen LogP) is 2.51. The van der Waals surface area contributed by atoms with Gasteiger partial charge < -0.3 is 10.2 Å². The molecule has 1 heterocycles. The van der Waals surface area contributed by atoms with Gasteiger partial charge in [-0.05, 0) is 50.4 Å². The summed E-state index contributed by atoms with van der Waals surface area (Å²) in [6, 6.07) is 9.66. The van der Waals surface area contributed by atoms with Gasteiger partial charge in [-0.25, -0.2) is 0 Å². The monoisotopic (exact) mass is 287 g/mol. The molecule has 2 fully saturated rings. The molecule has 2 unspecified atom stereocenters. The number of benzene rings is 1. The zero-order valence-electron chi connectivity index (χ0n) is 13.5. The molecule has 1 aromatic carbocycles. The molecule has 0 bridgehead atoms. The zero-order valence-corrected chi connectivity index (χ0v) is 13.5. The summed E-state index contributed by atoms with van der Waals surface area (Å²) in [7, 11) is 2.12. The van der Waals surface area contributed by atoms with Crippen LogP contribution in [0.15, 0.2) is 24.3 Å². The Morgan fingerprint density at radius 3 is 2.67 bits per heavy atom. The molecular formula is C18H29N3. The summed E-state index contributed by atoms with van der Waals surface area (Å²) in [4.78, 5) is 5.21. The topological polar surface area (TPSA) is 18.5 Å². The minimum Gasteiger partial charge on any atom is -0.369 e. The number of rotatable bonds is 4. The normalized spacial score (nSPS) is 27.2. The van der Waals surface area contributed by atoms with Gasteiger partial charge >= 0.3 is 0 Å². The van der Waals surface area contributed by atoms with Gasteiger partial charge in [0.05, 0.1) is 0 Å². The van der Waals surface area contributed by atoms with Crippen LogP contribution in [-0.2, 0) is 0 Å². The van der Waals surface area contributed by atoms with E-state index in [1.807, 2.05) is 0 Å². The Morgan fingerprint density at radius 1 is 1.14 bits per heavy atom. The first-order valence-corrected chi connectivity index (χ1v) is 8.47. The molecule has 1 saturated carbocycles. The number of nitrogens with zero attached hydrogens (tertiary/aromatic N) is 2. The molecule has 116 valence electrons. The number of piperazine rings is 1. The minimum atomic E-state index is 0.750. The molecule has 2 atom stereocenters. The van der Waals surface area contributed by atoms with Crippen molar-refractivity contribution in [1.29, 1.82) is 0 Å². The van der Waals surface area contributed by atoms with Gasteiger partial charge in [-0.2, -0.15) is 0 Å². The zero-order chi connectivity index (χ0) is 14.7. The van der Waals surface area contributed by atoms with Crippen molar-refractivity contribution in [3.63, 3.8) is 0 Å². The fraction of sp³-hybridized carbons (Fsp3) is 0.667. The highest BCUT2D eigenvalue weighted by molar-refractivity contribution is 5.48. The molecule has 2 aliphatic rings. The van der Waals surface area contributed by atoms with E-state index in [0.717, 1.165) is 12.0 Å². The van der Waals surface area contributed by atoms with Crippen molar-refractivity contribution in [1.82, 2.24) is 10.2 Å². The van der Waals surface area contributed by atoms with E-state index in [0.29, 0.717) is 0 Å². The quantitative estimate of drug-likeness (QED) is 0.918. The molecule has 0 aromatic heterocycles. The number of anilines is 1. The van der Waals surface area contributed by atoms with E-state index in [1.54, 1.807) is 0 Å². The standard InChI is InChI=1S/C18H29N3/c1-15-5-3-7-17(13-15)21-11-9-20(10-12-21)14-16-6-4-8-18(16)19-2/h3,5,7,13,16,18-19H,4,6,8-12,14H2,1-2H3. The predicted molar refractivity (Wildman–Crippen MR) is 90.0 cm³/mol. The van der Waals surface area contributed by atoms with E-state index >= 15 is 0 Å². The molecule has 3 nitrogen and oxygen atoms in total. The van der Waals surface area contributed by atoms with Gasteiger partial charge in [-0.15, -0.1) is 0 Å². The van der Waals surface area contributed by atoms with E-state index in [1.165, 1.54) is 63.2 Å². The first-order valence-electron chi connectivity index (χ1n) is 8.47. The van der Waals surface area contributed by atoms with Crippen LogP contribution in [0.5, 0.6) is 0 Å². The average Bonchev–Trinajstić information content (AvgIpc) is 2.95. The van der Waals surface area contributed by atoms with Crippen LogP contribution in [-0.4, -0.2) is 50.7 Å². The molecular weight excluding hydrogens is 258 g/mol. The third-order valence-corrected chi connectivity index (χ3v) is 5.26. The Morgan fingerprint density at radius 2 is 1.95 bits per heavy atom. The van der Waals surface area contributed by atoms with E-state index in [-0.39, 0.29) is 0 Å². The van der Waals surface area contributed by atoms with Gasteiger partial charge in [-0.1, -0.05) is 18.6 Å².